The summed E-state index contributed by atoms with van der Waals surface area (Å²) in [7, 11) is 1.85. The van der Waals surface area contributed by atoms with Gasteiger partial charge in [0.25, 0.3) is 0 Å². The molecule has 0 saturated carbocycles. The van der Waals surface area contributed by atoms with Gasteiger partial charge in [0.1, 0.15) is 6.61 Å². The Hall–Kier alpha value is -1.60. The fourth-order valence-corrected chi connectivity index (χ4v) is 2.17. The first-order valence-electron chi connectivity index (χ1n) is 6.75. The molecule has 0 spiro atoms. The van der Waals surface area contributed by atoms with E-state index in [1.54, 1.807) is 0 Å². The minimum Gasteiger partial charge on any atom is -0.372 e. The Labute approximate surface area is 120 Å². The van der Waals surface area contributed by atoms with Crippen LogP contribution in [-0.4, -0.2) is 36.2 Å². The number of alkyl halides is 3. The molecule has 1 N–H and O–H groups in total. The number of para-hydroxylation sites is 1. The van der Waals surface area contributed by atoms with Crippen LogP contribution in [0.2, 0.25) is 0 Å². The van der Waals surface area contributed by atoms with E-state index in [1.807, 2.05) is 36.0 Å². The quantitative estimate of drug-likeness (QED) is 0.799. The van der Waals surface area contributed by atoms with Crippen LogP contribution in [0.3, 0.4) is 0 Å². The average molecular weight is 301 g/mol. The highest BCUT2D eigenvalue weighted by molar-refractivity contribution is 5.81. The largest absolute Gasteiger partial charge is 0.411 e. The molecule has 0 atom stereocenters. The van der Waals surface area contributed by atoms with E-state index < -0.39 is 12.8 Å². The molecule has 2 aromatic rings. The van der Waals surface area contributed by atoms with Gasteiger partial charge in [0.2, 0.25) is 0 Å². The maximum Gasteiger partial charge on any atom is 0.411 e. The van der Waals surface area contributed by atoms with Crippen molar-refractivity contribution in [2.24, 2.45) is 0 Å². The highest BCUT2D eigenvalue weighted by Crippen LogP contribution is 2.19. The molecule has 0 saturated heterocycles. The Morgan fingerprint density at radius 3 is 2.76 bits per heavy atom. The van der Waals surface area contributed by atoms with Gasteiger partial charge in [0.15, 0.2) is 0 Å². The number of nitrogens with one attached hydrogen (secondary N) is 1. The fourth-order valence-electron chi connectivity index (χ4n) is 2.17. The van der Waals surface area contributed by atoms with Crippen LogP contribution in [0.25, 0.3) is 10.9 Å². The van der Waals surface area contributed by atoms with Crippen molar-refractivity contribution in [1.82, 2.24) is 15.1 Å². The first-order chi connectivity index (χ1) is 10.0. The topological polar surface area (TPSA) is 39.1 Å². The molecule has 0 bridgehead atoms. The lowest BCUT2D eigenvalue weighted by Crippen LogP contribution is -2.18. The molecule has 7 heteroatoms. The summed E-state index contributed by atoms with van der Waals surface area (Å²) in [5, 5.41) is 8.62. The number of benzene rings is 1. The second-order valence-electron chi connectivity index (χ2n) is 4.74. The van der Waals surface area contributed by atoms with Crippen molar-refractivity contribution >= 4 is 10.9 Å². The smallest absolute Gasteiger partial charge is 0.372 e. The molecule has 1 heterocycles. The van der Waals surface area contributed by atoms with E-state index in [0.29, 0.717) is 19.5 Å². The Bertz CT molecular complexity index is 580. The van der Waals surface area contributed by atoms with Crippen LogP contribution < -0.4 is 5.32 Å². The van der Waals surface area contributed by atoms with E-state index in [-0.39, 0.29) is 6.61 Å². The highest BCUT2D eigenvalue weighted by Gasteiger charge is 2.27. The number of hydrogen-bond acceptors (Lipinski definition) is 3. The molecular formula is C14H18F3N3O. The third kappa shape index (κ3) is 4.44. The molecule has 0 amide bonds. The Balaban J connectivity index is 1.96. The second kappa shape index (κ2) is 6.91. The van der Waals surface area contributed by atoms with Gasteiger partial charge >= 0.3 is 6.18 Å². The van der Waals surface area contributed by atoms with Crippen LogP contribution in [0.1, 0.15) is 12.1 Å². The van der Waals surface area contributed by atoms with Gasteiger partial charge in [-0.2, -0.15) is 18.3 Å². The summed E-state index contributed by atoms with van der Waals surface area (Å²) in [6.07, 6.45) is -3.78. The van der Waals surface area contributed by atoms with Crippen LogP contribution in [0.5, 0.6) is 0 Å². The molecule has 0 unspecified atom stereocenters. The van der Waals surface area contributed by atoms with Crippen LogP contribution in [-0.2, 0) is 17.8 Å². The summed E-state index contributed by atoms with van der Waals surface area (Å²) >= 11 is 0. The summed E-state index contributed by atoms with van der Waals surface area (Å²) in [6.45, 7) is 0.0487. The van der Waals surface area contributed by atoms with Crippen molar-refractivity contribution in [2.75, 3.05) is 20.3 Å². The molecule has 2 rings (SSSR count). The van der Waals surface area contributed by atoms with Crippen LogP contribution in [0, 0.1) is 0 Å². The minimum atomic E-state index is -4.27. The summed E-state index contributed by atoms with van der Waals surface area (Å²) in [6, 6.07) is 7.81. The third-order valence-electron chi connectivity index (χ3n) is 3.00. The van der Waals surface area contributed by atoms with Gasteiger partial charge in [0.05, 0.1) is 11.2 Å². The summed E-state index contributed by atoms with van der Waals surface area (Å²) < 4.78 is 42.3. The standard InChI is InChI=1S/C14H18F3N3O/c1-18-9-12-11-5-2-3-6-13(11)20(19-12)7-4-8-21-10-14(15,16)17/h2-3,5-6,18H,4,7-10H2,1H3. The number of aromatic nitrogens is 2. The van der Waals surface area contributed by atoms with Gasteiger partial charge in [0, 0.05) is 25.1 Å². The van der Waals surface area contributed by atoms with Crippen molar-refractivity contribution < 1.29 is 17.9 Å². The highest BCUT2D eigenvalue weighted by atomic mass is 19.4. The molecule has 0 fully saturated rings. The van der Waals surface area contributed by atoms with E-state index in [1.165, 1.54) is 0 Å². The van der Waals surface area contributed by atoms with Crippen molar-refractivity contribution in [3.05, 3.63) is 30.0 Å². The van der Waals surface area contributed by atoms with Gasteiger partial charge in [-0.25, -0.2) is 0 Å². The normalized spacial score (nSPS) is 12.2. The van der Waals surface area contributed by atoms with E-state index in [4.69, 9.17) is 0 Å². The number of halogens is 3. The predicted molar refractivity (Wildman–Crippen MR) is 74.0 cm³/mol. The first kappa shape index (κ1) is 15.8. The maximum atomic E-state index is 12.0. The number of hydrogen-bond donors (Lipinski definition) is 1. The monoisotopic (exact) mass is 301 g/mol. The van der Waals surface area contributed by atoms with Gasteiger partial charge in [-0.15, -0.1) is 0 Å². The number of rotatable bonds is 7. The van der Waals surface area contributed by atoms with Gasteiger partial charge in [-0.1, -0.05) is 18.2 Å². The molecule has 21 heavy (non-hydrogen) atoms. The Morgan fingerprint density at radius 1 is 1.29 bits per heavy atom. The molecule has 4 nitrogen and oxygen atoms in total. The zero-order valence-corrected chi connectivity index (χ0v) is 11.8. The second-order valence-corrected chi connectivity index (χ2v) is 4.74. The molecule has 1 aromatic carbocycles. The maximum absolute atomic E-state index is 12.0. The molecule has 0 aliphatic heterocycles. The molecule has 1 aromatic heterocycles. The van der Waals surface area contributed by atoms with Crippen molar-refractivity contribution in [1.29, 1.82) is 0 Å². The molecule has 0 aliphatic carbocycles. The lowest BCUT2D eigenvalue weighted by molar-refractivity contribution is -0.174. The van der Waals surface area contributed by atoms with Gasteiger partial charge in [-0.3, -0.25) is 4.68 Å². The SMILES string of the molecule is CNCc1nn(CCCOCC(F)(F)F)c2ccccc12. The third-order valence-corrected chi connectivity index (χ3v) is 3.00. The van der Waals surface area contributed by atoms with Crippen molar-refractivity contribution in [2.45, 2.75) is 25.7 Å². The zero-order valence-electron chi connectivity index (χ0n) is 11.8. The van der Waals surface area contributed by atoms with Crippen LogP contribution >= 0.6 is 0 Å². The van der Waals surface area contributed by atoms with E-state index >= 15 is 0 Å². The van der Waals surface area contributed by atoms with E-state index in [0.717, 1.165) is 16.6 Å². The van der Waals surface area contributed by atoms with Gasteiger partial charge in [-0.05, 0) is 19.5 Å². The summed E-state index contributed by atoms with van der Waals surface area (Å²) in [5.74, 6) is 0. The first-order valence-corrected chi connectivity index (χ1v) is 6.75. The lowest BCUT2D eigenvalue weighted by Gasteiger charge is -2.07. The minimum absolute atomic E-state index is 0.0645. The van der Waals surface area contributed by atoms with Crippen LogP contribution in [0.15, 0.2) is 24.3 Å². The summed E-state index contributed by atoms with van der Waals surface area (Å²) in [4.78, 5) is 0. The number of ether oxygens (including phenoxy) is 1. The lowest BCUT2D eigenvalue weighted by atomic mass is 10.2. The molecule has 0 aliphatic rings. The van der Waals surface area contributed by atoms with Crippen molar-refractivity contribution in [3.8, 4) is 0 Å². The van der Waals surface area contributed by atoms with Gasteiger partial charge < -0.3 is 10.1 Å². The number of nitrogens with zero attached hydrogens (tertiary/aromatic N) is 2. The van der Waals surface area contributed by atoms with Crippen LogP contribution in [0.4, 0.5) is 13.2 Å². The number of aryl methyl sites for hydroxylation is 1. The van der Waals surface area contributed by atoms with Crippen molar-refractivity contribution in [3.63, 3.8) is 0 Å². The predicted octanol–water partition coefficient (Wildman–Crippen LogP) is 2.72. The Kier molecular flexibility index (Phi) is 5.19. The van der Waals surface area contributed by atoms with E-state index in [2.05, 4.69) is 15.2 Å². The molecular weight excluding hydrogens is 283 g/mol. The zero-order chi connectivity index (χ0) is 15.3. The fraction of sp³-hybridized carbons (Fsp3) is 0.500. The summed E-state index contributed by atoms with van der Waals surface area (Å²) in [5.41, 5.74) is 1.92. The Morgan fingerprint density at radius 2 is 2.05 bits per heavy atom. The number of fused-ring (bicyclic) bond motifs is 1. The molecule has 0 radical (unpaired) electrons. The van der Waals surface area contributed by atoms with E-state index in [9.17, 15) is 13.2 Å². The molecule has 116 valence electrons. The average Bonchev–Trinajstić information content (AvgIpc) is 2.77.